The summed E-state index contributed by atoms with van der Waals surface area (Å²) in [4.78, 5) is 11.2. The van der Waals surface area contributed by atoms with Gasteiger partial charge in [0.1, 0.15) is 5.82 Å². The first-order valence-corrected chi connectivity index (χ1v) is 7.90. The van der Waals surface area contributed by atoms with Crippen LogP contribution in [0.25, 0.3) is 16.9 Å². The number of aromatic carboxylic acids is 1. The van der Waals surface area contributed by atoms with Gasteiger partial charge in [-0.25, -0.2) is 9.48 Å². The summed E-state index contributed by atoms with van der Waals surface area (Å²) < 4.78 is 1.81. The summed E-state index contributed by atoms with van der Waals surface area (Å²) in [6.07, 6.45) is 0.914. The Labute approximate surface area is 139 Å². The van der Waals surface area contributed by atoms with Gasteiger partial charge in [-0.15, -0.1) is 0 Å². The van der Waals surface area contributed by atoms with E-state index in [1.54, 1.807) is 18.2 Å². The topological polar surface area (TPSA) is 67.2 Å². The molecule has 4 rings (SSSR count). The molecular formula is C19H17N3O2. The van der Waals surface area contributed by atoms with E-state index in [-0.39, 0.29) is 5.56 Å². The lowest BCUT2D eigenvalue weighted by molar-refractivity contribution is 0.0697. The molecule has 0 spiro atoms. The van der Waals surface area contributed by atoms with E-state index in [9.17, 15) is 9.90 Å². The predicted molar refractivity (Wildman–Crippen MR) is 92.9 cm³/mol. The van der Waals surface area contributed by atoms with Crippen molar-refractivity contribution in [1.29, 1.82) is 0 Å². The van der Waals surface area contributed by atoms with Gasteiger partial charge in [0.05, 0.1) is 16.9 Å². The number of hydrogen-bond donors (Lipinski definition) is 2. The first kappa shape index (κ1) is 14.5. The van der Waals surface area contributed by atoms with E-state index in [1.165, 1.54) is 11.1 Å². The second kappa shape index (κ2) is 5.53. The lowest BCUT2D eigenvalue weighted by atomic mass is 10.0. The lowest BCUT2D eigenvalue weighted by Crippen LogP contribution is -2.05. The Morgan fingerprint density at radius 1 is 1.21 bits per heavy atom. The van der Waals surface area contributed by atoms with Gasteiger partial charge in [0.2, 0.25) is 0 Å². The number of benzene rings is 2. The third-order valence-corrected chi connectivity index (χ3v) is 4.28. The highest BCUT2D eigenvalue weighted by atomic mass is 16.4. The minimum Gasteiger partial charge on any atom is -0.478 e. The molecule has 1 aliphatic heterocycles. The van der Waals surface area contributed by atoms with Crippen LogP contribution in [0, 0.1) is 6.92 Å². The largest absolute Gasteiger partial charge is 0.478 e. The summed E-state index contributed by atoms with van der Waals surface area (Å²) >= 11 is 0. The first-order valence-electron chi connectivity index (χ1n) is 7.90. The van der Waals surface area contributed by atoms with Gasteiger partial charge in [-0.2, -0.15) is 5.10 Å². The second-order valence-electron chi connectivity index (χ2n) is 5.99. The summed E-state index contributed by atoms with van der Waals surface area (Å²) in [5.41, 5.74) is 5.42. The van der Waals surface area contributed by atoms with E-state index < -0.39 is 5.97 Å². The summed E-state index contributed by atoms with van der Waals surface area (Å²) in [6, 6.07) is 15.1. The van der Waals surface area contributed by atoms with Crippen molar-refractivity contribution in [3.63, 3.8) is 0 Å². The molecule has 0 radical (unpaired) electrons. The van der Waals surface area contributed by atoms with Crippen LogP contribution in [0.15, 0.2) is 48.5 Å². The van der Waals surface area contributed by atoms with Crippen molar-refractivity contribution in [3.05, 3.63) is 65.2 Å². The SMILES string of the molecule is Cc1cccc(-c2nn(-c3cccc(C(=O)O)c3)c3c2CCN3)c1. The monoisotopic (exact) mass is 319 g/mol. The number of nitrogens with one attached hydrogen (secondary N) is 1. The Bertz CT molecular complexity index is 944. The molecule has 0 bridgehead atoms. The van der Waals surface area contributed by atoms with E-state index in [0.717, 1.165) is 35.7 Å². The number of carboxylic acids is 1. The summed E-state index contributed by atoms with van der Waals surface area (Å²) in [7, 11) is 0. The van der Waals surface area contributed by atoms with Crippen LogP contribution in [0.2, 0.25) is 0 Å². The van der Waals surface area contributed by atoms with Crippen molar-refractivity contribution in [2.24, 2.45) is 0 Å². The van der Waals surface area contributed by atoms with Crippen LogP contribution < -0.4 is 5.32 Å². The Kier molecular flexibility index (Phi) is 3.34. The Morgan fingerprint density at radius 3 is 2.83 bits per heavy atom. The molecule has 0 atom stereocenters. The minimum absolute atomic E-state index is 0.256. The van der Waals surface area contributed by atoms with Gasteiger partial charge < -0.3 is 10.4 Å². The van der Waals surface area contributed by atoms with Gasteiger partial charge in [-0.3, -0.25) is 0 Å². The average Bonchev–Trinajstić information content (AvgIpc) is 3.17. The van der Waals surface area contributed by atoms with E-state index in [4.69, 9.17) is 5.10 Å². The molecule has 0 amide bonds. The zero-order valence-electron chi connectivity index (χ0n) is 13.3. The van der Waals surface area contributed by atoms with Crippen LogP contribution in [0.1, 0.15) is 21.5 Å². The molecule has 0 aliphatic carbocycles. The molecule has 3 aromatic rings. The van der Waals surface area contributed by atoms with Gasteiger partial charge in [0.25, 0.3) is 0 Å². The van der Waals surface area contributed by atoms with Crippen LogP contribution >= 0.6 is 0 Å². The molecule has 24 heavy (non-hydrogen) atoms. The maximum absolute atomic E-state index is 11.2. The molecule has 120 valence electrons. The second-order valence-corrected chi connectivity index (χ2v) is 5.99. The van der Waals surface area contributed by atoms with Gasteiger partial charge >= 0.3 is 5.97 Å². The first-order chi connectivity index (χ1) is 11.6. The fourth-order valence-electron chi connectivity index (χ4n) is 3.16. The quantitative estimate of drug-likeness (QED) is 0.775. The zero-order valence-corrected chi connectivity index (χ0v) is 13.3. The smallest absolute Gasteiger partial charge is 0.335 e. The number of nitrogens with zero attached hydrogens (tertiary/aromatic N) is 2. The van der Waals surface area contributed by atoms with Gasteiger partial charge in [-0.05, 0) is 37.6 Å². The molecule has 0 saturated carbocycles. The van der Waals surface area contributed by atoms with E-state index in [2.05, 4.69) is 30.4 Å². The number of carbonyl (C=O) groups is 1. The normalized spacial score (nSPS) is 12.7. The maximum atomic E-state index is 11.2. The summed E-state index contributed by atoms with van der Waals surface area (Å²) in [5.74, 6) is 0.0153. The molecule has 2 N–H and O–H groups in total. The van der Waals surface area contributed by atoms with Crippen molar-refractivity contribution < 1.29 is 9.90 Å². The highest BCUT2D eigenvalue weighted by Gasteiger charge is 2.24. The van der Waals surface area contributed by atoms with Gasteiger partial charge in [0.15, 0.2) is 0 Å². The van der Waals surface area contributed by atoms with Crippen LogP contribution in [0.3, 0.4) is 0 Å². The number of aromatic nitrogens is 2. The predicted octanol–water partition coefficient (Wildman–Crippen LogP) is 3.51. The molecule has 2 aromatic carbocycles. The lowest BCUT2D eigenvalue weighted by Gasteiger charge is -2.07. The van der Waals surface area contributed by atoms with Crippen LogP contribution in [-0.2, 0) is 6.42 Å². The Morgan fingerprint density at radius 2 is 2.04 bits per heavy atom. The molecule has 5 nitrogen and oxygen atoms in total. The number of anilines is 1. The zero-order chi connectivity index (χ0) is 16.7. The molecule has 5 heteroatoms. The van der Waals surface area contributed by atoms with Crippen molar-refractivity contribution in [1.82, 2.24) is 9.78 Å². The standard InChI is InChI=1S/C19H17N3O2/c1-12-4-2-5-13(10-12)17-16-8-9-20-18(16)22(21-17)15-7-3-6-14(11-15)19(23)24/h2-7,10-11,20H,8-9H2,1H3,(H,23,24). The van der Waals surface area contributed by atoms with Crippen molar-refractivity contribution in [2.75, 3.05) is 11.9 Å². The van der Waals surface area contributed by atoms with E-state index in [0.29, 0.717) is 0 Å². The molecule has 0 saturated heterocycles. The molecule has 2 heterocycles. The summed E-state index contributed by atoms with van der Waals surface area (Å²) in [5, 5.41) is 17.4. The molecule has 0 fully saturated rings. The minimum atomic E-state index is -0.937. The highest BCUT2D eigenvalue weighted by Crippen LogP contribution is 2.34. The third kappa shape index (κ3) is 2.34. The van der Waals surface area contributed by atoms with Crippen molar-refractivity contribution >= 4 is 11.8 Å². The number of fused-ring (bicyclic) bond motifs is 1. The number of hydrogen-bond acceptors (Lipinski definition) is 3. The maximum Gasteiger partial charge on any atom is 0.335 e. The average molecular weight is 319 g/mol. The molecular weight excluding hydrogens is 302 g/mol. The summed E-state index contributed by atoms with van der Waals surface area (Å²) in [6.45, 7) is 2.93. The molecule has 1 aromatic heterocycles. The highest BCUT2D eigenvalue weighted by molar-refractivity contribution is 5.88. The van der Waals surface area contributed by atoms with E-state index >= 15 is 0 Å². The third-order valence-electron chi connectivity index (χ3n) is 4.28. The van der Waals surface area contributed by atoms with Crippen LogP contribution in [0.5, 0.6) is 0 Å². The Hall–Kier alpha value is -3.08. The molecule has 1 aliphatic rings. The number of aryl methyl sites for hydroxylation is 1. The molecule has 0 unspecified atom stereocenters. The fourth-order valence-corrected chi connectivity index (χ4v) is 3.16. The van der Waals surface area contributed by atoms with Gasteiger partial charge in [0, 0.05) is 17.7 Å². The number of carboxylic acid groups (broad SMARTS) is 1. The number of rotatable bonds is 3. The van der Waals surface area contributed by atoms with E-state index in [1.807, 2.05) is 16.8 Å². The Balaban J connectivity index is 1.88. The van der Waals surface area contributed by atoms with Crippen LogP contribution in [0.4, 0.5) is 5.82 Å². The van der Waals surface area contributed by atoms with Crippen molar-refractivity contribution in [2.45, 2.75) is 13.3 Å². The van der Waals surface area contributed by atoms with Crippen molar-refractivity contribution in [3.8, 4) is 16.9 Å². The fraction of sp³-hybridized carbons (Fsp3) is 0.158. The van der Waals surface area contributed by atoms with Gasteiger partial charge in [-0.1, -0.05) is 29.8 Å². The van der Waals surface area contributed by atoms with Crippen LogP contribution in [-0.4, -0.2) is 27.4 Å².